The van der Waals surface area contributed by atoms with Crippen molar-refractivity contribution in [3.63, 3.8) is 0 Å². The lowest BCUT2D eigenvalue weighted by Gasteiger charge is -2.14. The zero-order valence-corrected chi connectivity index (χ0v) is 12.9. The smallest absolute Gasteiger partial charge is 0.223 e. The van der Waals surface area contributed by atoms with Crippen LogP contribution < -0.4 is 5.32 Å². The lowest BCUT2D eigenvalue weighted by molar-refractivity contribution is 0.384. The van der Waals surface area contributed by atoms with Crippen molar-refractivity contribution in [1.29, 1.82) is 0 Å². The van der Waals surface area contributed by atoms with E-state index >= 15 is 0 Å². The molecule has 2 aromatic heterocycles. The molecule has 0 unspecified atom stereocenters. The molecular weight excluding hydrogens is 278 g/mol. The molecular formula is C16H19N5O. The van der Waals surface area contributed by atoms with E-state index in [-0.39, 0.29) is 6.04 Å². The van der Waals surface area contributed by atoms with Crippen molar-refractivity contribution in [2.24, 2.45) is 0 Å². The van der Waals surface area contributed by atoms with Crippen molar-refractivity contribution < 1.29 is 4.52 Å². The maximum Gasteiger partial charge on any atom is 0.223 e. The minimum absolute atomic E-state index is 0.205. The van der Waals surface area contributed by atoms with Crippen molar-refractivity contribution in [3.8, 4) is 5.69 Å². The van der Waals surface area contributed by atoms with Gasteiger partial charge in [-0.05, 0) is 31.5 Å². The van der Waals surface area contributed by atoms with Crippen LogP contribution in [0.15, 0.2) is 41.2 Å². The summed E-state index contributed by atoms with van der Waals surface area (Å²) in [5.74, 6) is 2.24. The van der Waals surface area contributed by atoms with Crippen molar-refractivity contribution in [2.75, 3.05) is 0 Å². The zero-order chi connectivity index (χ0) is 15.5. The van der Waals surface area contributed by atoms with Gasteiger partial charge in [-0.1, -0.05) is 17.3 Å². The number of rotatable bonds is 5. The van der Waals surface area contributed by atoms with Crippen LogP contribution in [0.3, 0.4) is 0 Å². The third-order valence-corrected chi connectivity index (χ3v) is 3.63. The molecule has 6 nitrogen and oxygen atoms in total. The number of hydrogen-bond donors (Lipinski definition) is 1. The molecule has 6 heteroatoms. The first-order chi connectivity index (χ1) is 10.6. The number of aromatic nitrogens is 4. The number of aryl methyl sites for hydroxylation is 2. The highest BCUT2D eigenvalue weighted by Gasteiger charge is 2.08. The van der Waals surface area contributed by atoms with Crippen LogP contribution in [0.25, 0.3) is 5.69 Å². The van der Waals surface area contributed by atoms with E-state index in [1.165, 1.54) is 5.56 Å². The molecule has 0 bridgehead atoms. The largest absolute Gasteiger partial charge is 0.340 e. The van der Waals surface area contributed by atoms with Crippen LogP contribution in [-0.2, 0) is 6.54 Å². The van der Waals surface area contributed by atoms with Crippen LogP contribution in [0.2, 0.25) is 0 Å². The van der Waals surface area contributed by atoms with Gasteiger partial charge in [0.2, 0.25) is 5.89 Å². The third-order valence-electron chi connectivity index (χ3n) is 3.63. The summed E-state index contributed by atoms with van der Waals surface area (Å²) in [6, 6.07) is 8.64. The van der Waals surface area contributed by atoms with Crippen LogP contribution in [-0.4, -0.2) is 19.7 Å². The van der Waals surface area contributed by atoms with Crippen LogP contribution in [0.4, 0.5) is 0 Å². The summed E-state index contributed by atoms with van der Waals surface area (Å²) in [4.78, 5) is 8.43. The molecule has 0 fully saturated rings. The number of benzene rings is 1. The average Bonchev–Trinajstić information content (AvgIpc) is 3.13. The summed E-state index contributed by atoms with van der Waals surface area (Å²) in [6.45, 7) is 6.48. The lowest BCUT2D eigenvalue weighted by atomic mass is 10.1. The first kappa shape index (κ1) is 14.5. The molecule has 2 heterocycles. The van der Waals surface area contributed by atoms with Gasteiger partial charge < -0.3 is 14.4 Å². The van der Waals surface area contributed by atoms with Gasteiger partial charge in [-0.2, -0.15) is 4.98 Å². The Morgan fingerprint density at radius 1 is 1.23 bits per heavy atom. The number of nitrogens with zero attached hydrogens (tertiary/aromatic N) is 4. The molecule has 114 valence electrons. The summed E-state index contributed by atoms with van der Waals surface area (Å²) in [5, 5.41) is 7.27. The van der Waals surface area contributed by atoms with Crippen molar-refractivity contribution in [2.45, 2.75) is 33.4 Å². The van der Waals surface area contributed by atoms with Gasteiger partial charge in [0.05, 0.1) is 6.54 Å². The standard InChI is InChI=1S/C16H19N5O/c1-11(18-10-16-19-13(3)22-20-16)14-4-6-15(7-5-14)21-9-8-17-12(21)2/h4-9,11,18H,10H2,1-3H3/t11-/m1/s1. The normalized spacial score (nSPS) is 12.5. The first-order valence-electron chi connectivity index (χ1n) is 7.26. The maximum atomic E-state index is 4.96. The average molecular weight is 297 g/mol. The van der Waals surface area contributed by atoms with E-state index in [1.807, 2.05) is 13.1 Å². The Morgan fingerprint density at radius 2 is 2.00 bits per heavy atom. The summed E-state index contributed by atoms with van der Waals surface area (Å²) < 4.78 is 7.02. The Balaban J connectivity index is 1.66. The van der Waals surface area contributed by atoms with E-state index in [4.69, 9.17) is 4.52 Å². The van der Waals surface area contributed by atoms with E-state index in [0.717, 1.165) is 11.5 Å². The van der Waals surface area contributed by atoms with Gasteiger partial charge in [0, 0.05) is 31.0 Å². The fraction of sp³-hybridized carbons (Fsp3) is 0.312. The molecule has 3 rings (SSSR count). The first-order valence-corrected chi connectivity index (χ1v) is 7.26. The molecule has 0 saturated carbocycles. The Kier molecular flexibility index (Phi) is 4.02. The number of nitrogens with one attached hydrogen (secondary N) is 1. The minimum atomic E-state index is 0.205. The molecule has 0 radical (unpaired) electrons. The highest BCUT2D eigenvalue weighted by Crippen LogP contribution is 2.17. The highest BCUT2D eigenvalue weighted by atomic mass is 16.5. The lowest BCUT2D eigenvalue weighted by Crippen LogP contribution is -2.18. The predicted molar refractivity (Wildman–Crippen MR) is 82.6 cm³/mol. The Bertz CT molecular complexity index is 744. The maximum absolute atomic E-state index is 4.96. The molecule has 1 aromatic carbocycles. The Hall–Kier alpha value is -2.47. The Morgan fingerprint density at radius 3 is 2.59 bits per heavy atom. The monoisotopic (exact) mass is 297 g/mol. The minimum Gasteiger partial charge on any atom is -0.340 e. The van der Waals surface area contributed by atoms with E-state index in [9.17, 15) is 0 Å². The second-order valence-electron chi connectivity index (χ2n) is 5.27. The molecule has 0 amide bonds. The fourth-order valence-electron chi connectivity index (χ4n) is 2.35. The summed E-state index contributed by atoms with van der Waals surface area (Å²) in [6.07, 6.45) is 3.77. The summed E-state index contributed by atoms with van der Waals surface area (Å²) >= 11 is 0. The van der Waals surface area contributed by atoms with Gasteiger partial charge in [0.25, 0.3) is 0 Å². The van der Waals surface area contributed by atoms with Crippen LogP contribution in [0.1, 0.15) is 36.1 Å². The second kappa shape index (κ2) is 6.11. The summed E-state index contributed by atoms with van der Waals surface area (Å²) in [7, 11) is 0. The third kappa shape index (κ3) is 3.07. The van der Waals surface area contributed by atoms with Gasteiger partial charge in [-0.3, -0.25) is 0 Å². The predicted octanol–water partition coefficient (Wildman–Crippen LogP) is 2.72. The molecule has 1 atom stereocenters. The van der Waals surface area contributed by atoms with E-state index < -0.39 is 0 Å². The van der Waals surface area contributed by atoms with Crippen LogP contribution >= 0.6 is 0 Å². The van der Waals surface area contributed by atoms with Gasteiger partial charge in [-0.15, -0.1) is 0 Å². The molecule has 3 aromatic rings. The number of hydrogen-bond acceptors (Lipinski definition) is 5. The van der Waals surface area contributed by atoms with Crippen LogP contribution in [0.5, 0.6) is 0 Å². The quantitative estimate of drug-likeness (QED) is 0.784. The van der Waals surface area contributed by atoms with E-state index in [2.05, 4.69) is 56.2 Å². The van der Waals surface area contributed by atoms with Crippen molar-refractivity contribution in [1.82, 2.24) is 25.0 Å². The van der Waals surface area contributed by atoms with Crippen molar-refractivity contribution >= 4 is 0 Å². The molecule has 0 aliphatic carbocycles. The van der Waals surface area contributed by atoms with E-state index in [0.29, 0.717) is 18.3 Å². The second-order valence-corrected chi connectivity index (χ2v) is 5.27. The van der Waals surface area contributed by atoms with Crippen LogP contribution in [0, 0.1) is 13.8 Å². The molecule has 0 spiro atoms. The van der Waals surface area contributed by atoms with E-state index in [1.54, 1.807) is 13.1 Å². The topological polar surface area (TPSA) is 68.8 Å². The molecule has 0 saturated heterocycles. The van der Waals surface area contributed by atoms with Gasteiger partial charge in [0.15, 0.2) is 5.82 Å². The SMILES string of the molecule is Cc1nc(CN[C@H](C)c2ccc(-n3ccnc3C)cc2)no1. The zero-order valence-electron chi connectivity index (χ0n) is 12.9. The summed E-state index contributed by atoms with van der Waals surface area (Å²) in [5.41, 5.74) is 2.32. The molecule has 0 aliphatic heterocycles. The van der Waals surface area contributed by atoms with Gasteiger partial charge in [0.1, 0.15) is 5.82 Å². The van der Waals surface area contributed by atoms with Crippen molar-refractivity contribution in [3.05, 3.63) is 59.8 Å². The van der Waals surface area contributed by atoms with Gasteiger partial charge in [-0.25, -0.2) is 4.98 Å². The number of imidazole rings is 1. The highest BCUT2D eigenvalue weighted by molar-refractivity contribution is 5.36. The Labute approximate surface area is 129 Å². The van der Waals surface area contributed by atoms with Gasteiger partial charge >= 0.3 is 0 Å². The fourth-order valence-corrected chi connectivity index (χ4v) is 2.35. The molecule has 22 heavy (non-hydrogen) atoms. The molecule has 0 aliphatic rings. The molecule has 1 N–H and O–H groups in total.